The minimum atomic E-state index is -0.966. The number of ether oxygens (including phenoxy) is 1. The first kappa shape index (κ1) is 27.7. The van der Waals surface area contributed by atoms with E-state index >= 15 is 0 Å². The van der Waals surface area contributed by atoms with Crippen LogP contribution in [0.5, 0.6) is 5.75 Å². The third-order valence-electron chi connectivity index (χ3n) is 6.18. The summed E-state index contributed by atoms with van der Waals surface area (Å²) in [6.07, 6.45) is 9.81. The number of unbranched alkanes of at least 4 members (excludes halogenated alkanes) is 6. The molecule has 190 valence electrons. The fourth-order valence-corrected chi connectivity index (χ4v) is 3.98. The van der Waals surface area contributed by atoms with E-state index in [2.05, 4.69) is 36.5 Å². The van der Waals surface area contributed by atoms with Crippen LogP contribution in [-0.2, 0) is 9.59 Å². The van der Waals surface area contributed by atoms with Crippen LogP contribution in [-0.4, -0.2) is 42.8 Å². The molecule has 1 aromatic rings. The smallest absolute Gasteiger partial charge is 0.267 e. The van der Waals surface area contributed by atoms with E-state index in [1.54, 1.807) is 5.01 Å². The number of benzene rings is 1. The van der Waals surface area contributed by atoms with Gasteiger partial charge < -0.3 is 15.4 Å². The van der Waals surface area contributed by atoms with Crippen molar-refractivity contribution < 1.29 is 14.3 Å². The molecule has 2 amide bonds. The summed E-state index contributed by atoms with van der Waals surface area (Å²) in [7, 11) is 0. The maximum absolute atomic E-state index is 13.3. The van der Waals surface area contributed by atoms with Gasteiger partial charge in [0.05, 0.1) is 12.3 Å². The highest BCUT2D eigenvalue weighted by molar-refractivity contribution is 6.40. The van der Waals surface area contributed by atoms with Gasteiger partial charge in [0.25, 0.3) is 5.91 Å². The van der Waals surface area contributed by atoms with Gasteiger partial charge in [-0.1, -0.05) is 59.3 Å². The molecule has 7 heteroatoms. The van der Waals surface area contributed by atoms with E-state index in [9.17, 15) is 9.59 Å². The highest BCUT2D eigenvalue weighted by Gasteiger charge is 2.47. The van der Waals surface area contributed by atoms with Crippen molar-refractivity contribution in [3.63, 3.8) is 0 Å². The molecule has 0 aliphatic carbocycles. The number of hydrazone groups is 1. The number of carbonyl (C=O) groups is 2. The molecule has 1 aromatic carbocycles. The zero-order valence-corrected chi connectivity index (χ0v) is 21.6. The standard InChI is InChI=1S/C27H44N4O3/c1-5-8-11-18-28-25(32)24-21-27(4,26(33)29-19-12-9-6-2)31(30-24)22-14-16-23(17-15-22)34-20-13-10-7-3/h14-17H,5-13,18-21H2,1-4H3,(H,28,32)(H,29,33). The maximum atomic E-state index is 13.3. The Labute approximate surface area is 205 Å². The van der Waals surface area contributed by atoms with Gasteiger partial charge in [0.15, 0.2) is 0 Å². The van der Waals surface area contributed by atoms with E-state index in [0.717, 1.165) is 69.2 Å². The van der Waals surface area contributed by atoms with E-state index < -0.39 is 5.54 Å². The predicted octanol–water partition coefficient (Wildman–Crippen LogP) is 5.19. The lowest BCUT2D eigenvalue weighted by atomic mass is 9.93. The molecule has 0 saturated carbocycles. The van der Waals surface area contributed by atoms with Crippen LogP contribution < -0.4 is 20.4 Å². The van der Waals surface area contributed by atoms with Gasteiger partial charge in [-0.05, 0) is 50.5 Å². The molecule has 0 aromatic heterocycles. The Balaban J connectivity index is 2.15. The molecule has 7 nitrogen and oxygen atoms in total. The summed E-state index contributed by atoms with van der Waals surface area (Å²) < 4.78 is 5.83. The number of hydrogen-bond acceptors (Lipinski definition) is 5. The quantitative estimate of drug-likeness (QED) is 0.324. The van der Waals surface area contributed by atoms with Crippen molar-refractivity contribution in [2.75, 3.05) is 24.7 Å². The average Bonchev–Trinajstić information content (AvgIpc) is 3.21. The van der Waals surface area contributed by atoms with Gasteiger partial charge in [0.2, 0.25) is 5.91 Å². The lowest BCUT2D eigenvalue weighted by Crippen LogP contribution is -2.53. The fraction of sp³-hybridized carbons (Fsp3) is 0.667. The van der Waals surface area contributed by atoms with Crippen molar-refractivity contribution in [3.05, 3.63) is 24.3 Å². The Hall–Kier alpha value is -2.57. The third-order valence-corrected chi connectivity index (χ3v) is 6.18. The van der Waals surface area contributed by atoms with Crippen LogP contribution in [0.25, 0.3) is 0 Å². The van der Waals surface area contributed by atoms with Gasteiger partial charge in [-0.25, -0.2) is 5.01 Å². The van der Waals surface area contributed by atoms with Crippen LogP contribution in [0.3, 0.4) is 0 Å². The van der Waals surface area contributed by atoms with E-state index in [1.165, 1.54) is 0 Å². The van der Waals surface area contributed by atoms with Crippen molar-refractivity contribution in [1.29, 1.82) is 0 Å². The Bertz CT molecular complexity index is 794. The van der Waals surface area contributed by atoms with Crippen LogP contribution in [0.2, 0.25) is 0 Å². The number of anilines is 1. The van der Waals surface area contributed by atoms with Crippen molar-refractivity contribution >= 4 is 23.2 Å². The Morgan fingerprint density at radius 2 is 1.50 bits per heavy atom. The molecule has 0 spiro atoms. The number of hydrogen-bond donors (Lipinski definition) is 2. The maximum Gasteiger partial charge on any atom is 0.267 e. The molecule has 0 bridgehead atoms. The SMILES string of the molecule is CCCCCNC(=O)C1=NN(c2ccc(OCCCCC)cc2)C(C)(C(=O)NCCCCC)C1. The molecule has 2 N–H and O–H groups in total. The first-order valence-corrected chi connectivity index (χ1v) is 13.1. The zero-order valence-electron chi connectivity index (χ0n) is 21.6. The lowest BCUT2D eigenvalue weighted by Gasteiger charge is -2.33. The molecule has 0 saturated heterocycles. The van der Waals surface area contributed by atoms with Crippen LogP contribution in [0.1, 0.15) is 91.9 Å². The van der Waals surface area contributed by atoms with Crippen molar-refractivity contribution in [2.45, 2.75) is 97.4 Å². The molecular weight excluding hydrogens is 428 g/mol. The van der Waals surface area contributed by atoms with E-state index in [1.807, 2.05) is 31.2 Å². The van der Waals surface area contributed by atoms with Gasteiger partial charge >= 0.3 is 0 Å². The van der Waals surface area contributed by atoms with E-state index in [-0.39, 0.29) is 18.2 Å². The van der Waals surface area contributed by atoms with Crippen molar-refractivity contribution in [1.82, 2.24) is 10.6 Å². The number of amides is 2. The normalized spacial score (nSPS) is 17.4. The van der Waals surface area contributed by atoms with Gasteiger partial charge in [-0.3, -0.25) is 9.59 Å². The Morgan fingerprint density at radius 1 is 0.912 bits per heavy atom. The average molecular weight is 473 g/mol. The van der Waals surface area contributed by atoms with Gasteiger partial charge in [-0.15, -0.1) is 0 Å². The van der Waals surface area contributed by atoms with E-state index in [4.69, 9.17) is 4.74 Å². The molecular formula is C27H44N4O3. The highest BCUT2D eigenvalue weighted by atomic mass is 16.5. The molecule has 1 atom stereocenters. The van der Waals surface area contributed by atoms with Gasteiger partial charge in [0, 0.05) is 19.5 Å². The molecule has 34 heavy (non-hydrogen) atoms. The third kappa shape index (κ3) is 8.03. The first-order chi connectivity index (χ1) is 16.5. The summed E-state index contributed by atoms with van der Waals surface area (Å²) in [6.45, 7) is 10.2. The number of nitrogens with zero attached hydrogens (tertiary/aromatic N) is 2. The minimum absolute atomic E-state index is 0.110. The molecule has 0 fully saturated rings. The molecule has 0 radical (unpaired) electrons. The zero-order chi connectivity index (χ0) is 24.8. The monoisotopic (exact) mass is 472 g/mol. The Morgan fingerprint density at radius 3 is 2.12 bits per heavy atom. The number of nitrogens with one attached hydrogen (secondary N) is 2. The van der Waals surface area contributed by atoms with E-state index in [0.29, 0.717) is 25.4 Å². The molecule has 1 heterocycles. The predicted molar refractivity (Wildman–Crippen MR) is 139 cm³/mol. The summed E-state index contributed by atoms with van der Waals surface area (Å²) in [6, 6.07) is 7.62. The van der Waals surface area contributed by atoms with Gasteiger partial charge in [-0.2, -0.15) is 5.10 Å². The largest absolute Gasteiger partial charge is 0.494 e. The van der Waals surface area contributed by atoms with Crippen LogP contribution in [0.15, 0.2) is 29.4 Å². The van der Waals surface area contributed by atoms with Crippen LogP contribution in [0.4, 0.5) is 5.69 Å². The molecule has 1 aliphatic rings. The second-order valence-electron chi connectivity index (χ2n) is 9.28. The second kappa shape index (κ2) is 14.6. The van der Waals surface area contributed by atoms with Gasteiger partial charge in [0.1, 0.15) is 17.0 Å². The lowest BCUT2D eigenvalue weighted by molar-refractivity contribution is -0.125. The molecule has 1 aliphatic heterocycles. The van der Waals surface area contributed by atoms with Crippen molar-refractivity contribution in [3.8, 4) is 5.75 Å². The summed E-state index contributed by atoms with van der Waals surface area (Å²) in [5, 5.41) is 12.3. The Kier molecular flexibility index (Phi) is 11.9. The summed E-state index contributed by atoms with van der Waals surface area (Å²) in [4.78, 5) is 26.1. The molecule has 2 rings (SSSR count). The summed E-state index contributed by atoms with van der Waals surface area (Å²) in [5.41, 5.74) is 0.190. The summed E-state index contributed by atoms with van der Waals surface area (Å²) in [5.74, 6) is 0.489. The molecule has 1 unspecified atom stereocenters. The first-order valence-electron chi connectivity index (χ1n) is 13.1. The number of carbonyl (C=O) groups excluding carboxylic acids is 2. The number of rotatable bonds is 16. The van der Waals surface area contributed by atoms with Crippen LogP contribution in [0, 0.1) is 0 Å². The second-order valence-corrected chi connectivity index (χ2v) is 9.28. The highest BCUT2D eigenvalue weighted by Crippen LogP contribution is 2.34. The van der Waals surface area contributed by atoms with Crippen molar-refractivity contribution in [2.24, 2.45) is 5.10 Å². The minimum Gasteiger partial charge on any atom is -0.494 e. The fourth-order valence-electron chi connectivity index (χ4n) is 3.98. The topological polar surface area (TPSA) is 83.0 Å². The summed E-state index contributed by atoms with van der Waals surface area (Å²) >= 11 is 0. The van der Waals surface area contributed by atoms with Crippen LogP contribution >= 0.6 is 0 Å².